The molecule has 2 heterocycles. The molecule has 3 rings (SSSR count). The van der Waals surface area contributed by atoms with Crippen LogP contribution in [0.2, 0.25) is 0 Å². The first-order valence-electron chi connectivity index (χ1n) is 11.9. The molecule has 1 atom stereocenters. The van der Waals surface area contributed by atoms with Crippen molar-refractivity contribution < 1.29 is 19.3 Å². The minimum atomic E-state index is -2.20. The molecule has 1 unspecified atom stereocenters. The summed E-state index contributed by atoms with van der Waals surface area (Å²) in [4.78, 5) is 16.8. The largest absolute Gasteiger partial charge is 0.499 e. The van der Waals surface area contributed by atoms with Crippen LogP contribution < -0.4 is 5.46 Å². The summed E-state index contributed by atoms with van der Waals surface area (Å²) < 4.78 is 11.1. The first-order valence-corrected chi connectivity index (χ1v) is 11.9. The Kier molecular flexibility index (Phi) is 9.30. The number of carbonyl (C=O) groups is 1. The predicted molar refractivity (Wildman–Crippen MR) is 150 cm³/mol. The topological polar surface area (TPSA) is 74.8 Å². The number of H-pyrrole nitrogens is 1. The van der Waals surface area contributed by atoms with Crippen LogP contribution in [0.25, 0.3) is 10.9 Å². The van der Waals surface area contributed by atoms with E-state index in [0.29, 0.717) is 22.8 Å². The highest BCUT2D eigenvalue weighted by molar-refractivity contribution is 6.77. The van der Waals surface area contributed by atoms with Crippen molar-refractivity contribution in [2.24, 2.45) is 0 Å². The molecular formula is C21H23B9N2O4. The monoisotopic (exact) mass is 466 g/mol. The van der Waals surface area contributed by atoms with Gasteiger partial charge in [0.15, 0.2) is 0 Å². The summed E-state index contributed by atoms with van der Waals surface area (Å²) in [7, 11) is 49.2. The molecule has 0 saturated heterocycles. The minimum Gasteiger partial charge on any atom is -0.499 e. The summed E-state index contributed by atoms with van der Waals surface area (Å²) in [6.45, 7) is -0.847. The lowest BCUT2D eigenvalue weighted by atomic mass is 9.28. The molecule has 36 heavy (non-hydrogen) atoms. The van der Waals surface area contributed by atoms with Crippen LogP contribution in [-0.2, 0) is 14.6 Å². The number of nitrogens with one attached hydrogen (secondary N) is 1. The van der Waals surface area contributed by atoms with E-state index in [2.05, 4.69) is 4.98 Å². The molecule has 1 aliphatic rings. The van der Waals surface area contributed by atoms with Crippen molar-refractivity contribution in [3.63, 3.8) is 0 Å². The van der Waals surface area contributed by atoms with E-state index < -0.39 is 34.7 Å². The molecule has 15 heteroatoms. The van der Waals surface area contributed by atoms with Gasteiger partial charge in [-0.1, -0.05) is 53.5 Å². The fourth-order valence-electron chi connectivity index (χ4n) is 4.88. The molecule has 16 radical (unpaired) electrons. The third-order valence-electron chi connectivity index (χ3n) is 6.40. The van der Waals surface area contributed by atoms with Crippen LogP contribution in [-0.4, -0.2) is 120 Å². The van der Waals surface area contributed by atoms with Crippen LogP contribution >= 0.6 is 0 Å². The van der Waals surface area contributed by atoms with E-state index in [9.17, 15) is 4.79 Å². The van der Waals surface area contributed by atoms with Gasteiger partial charge in [-0.3, -0.25) is 0 Å². The van der Waals surface area contributed by atoms with Crippen LogP contribution in [0.15, 0.2) is 24.4 Å². The van der Waals surface area contributed by atoms with Crippen molar-refractivity contribution in [3.05, 3.63) is 30.0 Å². The van der Waals surface area contributed by atoms with Crippen molar-refractivity contribution >= 4 is 92.2 Å². The zero-order valence-electron chi connectivity index (χ0n) is 20.4. The molecule has 0 aliphatic carbocycles. The summed E-state index contributed by atoms with van der Waals surface area (Å²) >= 11 is 0. The molecule has 168 valence electrons. The van der Waals surface area contributed by atoms with Gasteiger partial charge in [-0.25, -0.2) is 4.79 Å². The number of aromatic nitrogens is 1. The van der Waals surface area contributed by atoms with Gasteiger partial charge >= 0.3 is 13.1 Å². The second-order valence-electron chi connectivity index (χ2n) is 9.48. The van der Waals surface area contributed by atoms with E-state index in [-0.39, 0.29) is 13.2 Å². The van der Waals surface area contributed by atoms with Gasteiger partial charge in [0, 0.05) is 24.3 Å². The van der Waals surface area contributed by atoms with E-state index in [1.807, 2.05) is 6.07 Å². The number of rotatable bonds is 12. The van der Waals surface area contributed by atoms with Gasteiger partial charge in [0.05, 0.1) is 69.4 Å². The SMILES string of the molecule is [B]C1([B])c2c[nH]c3cccc(c23)B(OC(=O)OCCCCCCCCO)C1N(C([B])([B])[B])C([B])([B])[B]. The maximum absolute atomic E-state index is 12.8. The van der Waals surface area contributed by atoms with Crippen molar-refractivity contribution in [2.45, 2.75) is 60.2 Å². The molecule has 0 fully saturated rings. The Morgan fingerprint density at radius 3 is 2.25 bits per heavy atom. The third kappa shape index (κ3) is 6.32. The summed E-state index contributed by atoms with van der Waals surface area (Å²) in [6.07, 6.45) is 5.91. The third-order valence-corrected chi connectivity index (χ3v) is 6.40. The fourth-order valence-corrected chi connectivity index (χ4v) is 4.88. The Morgan fingerprint density at radius 2 is 1.64 bits per heavy atom. The number of hydrogen-bond donors (Lipinski definition) is 2. The lowest BCUT2D eigenvalue weighted by Gasteiger charge is -2.59. The Bertz CT molecular complexity index is 1020. The van der Waals surface area contributed by atoms with Crippen molar-refractivity contribution in [3.8, 4) is 0 Å². The second kappa shape index (κ2) is 11.5. The van der Waals surface area contributed by atoms with Gasteiger partial charge in [-0.2, -0.15) is 0 Å². The highest BCUT2D eigenvalue weighted by atomic mass is 16.7. The maximum Gasteiger partial charge on any atom is 0.490 e. The molecule has 2 aromatic rings. The Labute approximate surface area is 224 Å². The van der Waals surface area contributed by atoms with Crippen LogP contribution in [0.1, 0.15) is 44.1 Å². The number of ether oxygens (including phenoxy) is 1. The van der Waals surface area contributed by atoms with Gasteiger partial charge in [-0.05, 0) is 35.3 Å². The number of benzene rings is 1. The average Bonchev–Trinajstić information content (AvgIpc) is 3.21. The molecule has 0 bridgehead atoms. The Balaban J connectivity index is 1.86. The van der Waals surface area contributed by atoms with Crippen LogP contribution in [0.4, 0.5) is 4.79 Å². The Hall–Kier alpha value is -1.47. The number of nitrogens with zero attached hydrogens (tertiary/aromatic N) is 1. The standard InChI is InChI=1S/C21H23B9N2O4/c22-19(23)13-12-31-15-9-7-8-14(16(13)15)30(17(19)32(20(24,25)26)21(27,28)29)36-18(34)35-11-6-4-2-1-3-5-10-33/h7-9,12,17,31,33H,1-6,10-11H2. The molecule has 1 aromatic heterocycles. The normalized spacial score (nSPS) is 17.4. The highest BCUT2D eigenvalue weighted by Crippen LogP contribution is 2.39. The zero-order valence-corrected chi connectivity index (χ0v) is 20.4. The lowest BCUT2D eigenvalue weighted by Crippen LogP contribution is -2.77. The van der Waals surface area contributed by atoms with Crippen LogP contribution in [0, 0.1) is 0 Å². The number of carbonyl (C=O) groups excluding carboxylic acids is 1. The smallest absolute Gasteiger partial charge is 0.490 e. The zero-order chi connectivity index (χ0) is 26.7. The van der Waals surface area contributed by atoms with Gasteiger partial charge in [0.25, 0.3) is 0 Å². The number of aromatic amines is 1. The number of aliphatic hydroxyl groups is 1. The Morgan fingerprint density at radius 1 is 1.03 bits per heavy atom. The first-order chi connectivity index (χ1) is 16.8. The van der Waals surface area contributed by atoms with E-state index in [0.717, 1.165) is 42.5 Å². The summed E-state index contributed by atoms with van der Waals surface area (Å²) in [5, 5.41) is 3.33. The number of hydrogen-bond acceptors (Lipinski definition) is 5. The van der Waals surface area contributed by atoms with Gasteiger partial charge < -0.3 is 24.4 Å². The van der Waals surface area contributed by atoms with Crippen molar-refractivity contribution in [1.29, 1.82) is 0 Å². The summed E-state index contributed by atoms with van der Waals surface area (Å²) in [6, 6.07) is 5.32. The summed E-state index contributed by atoms with van der Waals surface area (Å²) in [5.41, 5.74) is 1.74. The molecule has 0 amide bonds. The van der Waals surface area contributed by atoms with Crippen LogP contribution in [0.5, 0.6) is 0 Å². The highest BCUT2D eigenvalue weighted by Gasteiger charge is 2.54. The molecule has 2 N–H and O–H groups in total. The molecule has 1 aliphatic heterocycles. The number of unbranched alkanes of at least 4 members (excludes halogenated alkanes) is 5. The van der Waals surface area contributed by atoms with E-state index in [4.69, 9.17) is 77.3 Å². The minimum absolute atomic E-state index is 0.152. The second-order valence-corrected chi connectivity index (χ2v) is 9.48. The van der Waals surface area contributed by atoms with E-state index >= 15 is 0 Å². The number of aliphatic hydroxyl groups excluding tert-OH is 1. The average molecular weight is 465 g/mol. The predicted octanol–water partition coefficient (Wildman–Crippen LogP) is -1.20. The van der Waals surface area contributed by atoms with E-state index in [1.54, 1.807) is 18.3 Å². The van der Waals surface area contributed by atoms with Crippen molar-refractivity contribution in [2.75, 3.05) is 13.2 Å². The van der Waals surface area contributed by atoms with Crippen molar-refractivity contribution in [1.82, 2.24) is 9.88 Å². The molecule has 1 aromatic carbocycles. The molecular weight excluding hydrogens is 442 g/mol. The lowest BCUT2D eigenvalue weighted by molar-refractivity contribution is 0.0927. The fraction of sp³-hybridized carbons (Fsp3) is 0.571. The summed E-state index contributed by atoms with van der Waals surface area (Å²) in [5.74, 6) is -1.29. The van der Waals surface area contributed by atoms with Gasteiger partial charge in [-0.15, -0.1) is 0 Å². The van der Waals surface area contributed by atoms with E-state index in [1.165, 1.54) is 0 Å². The maximum atomic E-state index is 12.8. The molecule has 0 spiro atoms. The van der Waals surface area contributed by atoms with Crippen LogP contribution in [0.3, 0.4) is 0 Å². The van der Waals surface area contributed by atoms with Gasteiger partial charge in [0.2, 0.25) is 0 Å². The molecule has 6 nitrogen and oxygen atoms in total. The molecule has 0 saturated carbocycles. The van der Waals surface area contributed by atoms with Gasteiger partial charge in [0.1, 0.15) is 0 Å². The quantitative estimate of drug-likeness (QED) is 0.235. The first kappa shape index (κ1) is 29.1.